The number of aromatic nitrogens is 3. The first-order valence-electron chi connectivity index (χ1n) is 10.6. The molecule has 0 radical (unpaired) electrons. The van der Waals surface area contributed by atoms with Gasteiger partial charge in [-0.15, -0.1) is 24.0 Å². The van der Waals surface area contributed by atoms with Crippen LogP contribution in [0.3, 0.4) is 0 Å². The van der Waals surface area contributed by atoms with Crippen LogP contribution in [0.2, 0.25) is 0 Å². The number of halogens is 1. The Morgan fingerprint density at radius 2 is 1.97 bits per heavy atom. The summed E-state index contributed by atoms with van der Waals surface area (Å²) < 4.78 is 8.60. The van der Waals surface area contributed by atoms with Crippen LogP contribution in [0.4, 0.5) is 0 Å². The number of nitrogens with zero attached hydrogens (tertiary/aromatic N) is 6. The van der Waals surface area contributed by atoms with Gasteiger partial charge in [-0.3, -0.25) is 14.4 Å². The number of hydrogen-bond donors (Lipinski definition) is 1. The lowest BCUT2D eigenvalue weighted by atomic mass is 10.2. The maximum Gasteiger partial charge on any atom is 0.345 e. The van der Waals surface area contributed by atoms with Gasteiger partial charge < -0.3 is 19.5 Å². The van der Waals surface area contributed by atoms with E-state index in [9.17, 15) is 9.59 Å². The number of guanidine groups is 1. The fourth-order valence-corrected chi connectivity index (χ4v) is 4.03. The van der Waals surface area contributed by atoms with Gasteiger partial charge in [0.25, 0.3) is 5.91 Å². The molecule has 0 atom stereocenters. The number of carbonyl (C=O) groups is 1. The van der Waals surface area contributed by atoms with Crippen molar-refractivity contribution in [3.8, 4) is 0 Å². The van der Waals surface area contributed by atoms with Crippen molar-refractivity contribution in [3.05, 3.63) is 40.5 Å². The Morgan fingerprint density at radius 1 is 1.19 bits per heavy atom. The number of carbonyl (C=O) groups excluding carboxylic acids is 1. The van der Waals surface area contributed by atoms with Crippen molar-refractivity contribution in [2.75, 3.05) is 39.8 Å². The van der Waals surface area contributed by atoms with E-state index >= 15 is 0 Å². The third-order valence-electron chi connectivity index (χ3n) is 5.67. The lowest BCUT2D eigenvalue weighted by Crippen LogP contribution is -2.53. The molecule has 0 aromatic carbocycles. The number of hydrogen-bond acceptors (Lipinski definition) is 5. The second kappa shape index (κ2) is 10.8. The number of aryl methyl sites for hydroxylation is 2. The number of amides is 1. The number of rotatable bonds is 5. The molecule has 0 spiro atoms. The molecule has 11 heteroatoms. The molecule has 10 nitrogen and oxygen atoms in total. The van der Waals surface area contributed by atoms with Crippen LogP contribution >= 0.6 is 24.0 Å². The molecular weight excluding hydrogens is 513 g/mol. The first kappa shape index (κ1) is 23.4. The molecule has 0 bridgehead atoms. The fraction of sp³-hybridized carbons (Fsp3) is 0.600. The summed E-state index contributed by atoms with van der Waals surface area (Å²) in [5.41, 5.74) is 0.00595. The number of furan rings is 1. The summed E-state index contributed by atoms with van der Waals surface area (Å²) >= 11 is 0. The largest absolute Gasteiger partial charge is 0.459 e. The third-order valence-corrected chi connectivity index (χ3v) is 5.67. The molecule has 1 amide bonds. The summed E-state index contributed by atoms with van der Waals surface area (Å²) in [5.74, 6) is 2.03. The van der Waals surface area contributed by atoms with Crippen LogP contribution in [0.15, 0.2) is 32.6 Å². The quantitative estimate of drug-likeness (QED) is 0.262. The highest BCUT2D eigenvalue weighted by atomic mass is 127. The zero-order valence-corrected chi connectivity index (χ0v) is 20.2. The zero-order chi connectivity index (χ0) is 20.9. The molecule has 4 rings (SSSR count). The van der Waals surface area contributed by atoms with E-state index in [1.807, 2.05) is 0 Å². The normalized spacial score (nSPS) is 16.6. The van der Waals surface area contributed by atoms with Crippen LogP contribution in [0, 0.1) is 0 Å². The van der Waals surface area contributed by atoms with Crippen LogP contribution in [0.25, 0.3) is 0 Å². The third kappa shape index (κ3) is 5.31. The lowest BCUT2D eigenvalue weighted by molar-refractivity contribution is 0.0657. The van der Waals surface area contributed by atoms with E-state index in [1.54, 1.807) is 33.3 Å². The van der Waals surface area contributed by atoms with E-state index in [2.05, 4.69) is 20.3 Å². The van der Waals surface area contributed by atoms with Gasteiger partial charge in [-0.1, -0.05) is 0 Å². The molecule has 1 fully saturated rings. The topological polar surface area (TPSA) is 101 Å². The lowest BCUT2D eigenvalue weighted by Gasteiger charge is -2.36. The summed E-state index contributed by atoms with van der Waals surface area (Å²) in [6, 6.07) is 3.42. The minimum atomic E-state index is -0.0733. The van der Waals surface area contributed by atoms with Crippen LogP contribution < -0.4 is 11.0 Å². The van der Waals surface area contributed by atoms with Gasteiger partial charge >= 0.3 is 5.69 Å². The summed E-state index contributed by atoms with van der Waals surface area (Å²) in [6.45, 7) is 4.74. The number of aliphatic imine (C=N–C) groups is 1. The summed E-state index contributed by atoms with van der Waals surface area (Å²) in [6.07, 6.45) is 5.35. The van der Waals surface area contributed by atoms with E-state index in [1.165, 1.54) is 6.26 Å². The molecule has 170 valence electrons. The number of fused-ring (bicyclic) bond motifs is 1. The van der Waals surface area contributed by atoms with Crippen molar-refractivity contribution in [3.63, 3.8) is 0 Å². The SMILES string of the molecule is CN=C(NCCCn1nc2n(c1=O)CCCC2)N1CCN(C(=O)c2ccco2)CC1.I. The minimum Gasteiger partial charge on any atom is -0.459 e. The van der Waals surface area contributed by atoms with Crippen molar-refractivity contribution >= 4 is 35.8 Å². The van der Waals surface area contributed by atoms with Gasteiger partial charge in [0.1, 0.15) is 5.82 Å². The molecule has 2 aliphatic heterocycles. The minimum absolute atomic E-state index is 0. The summed E-state index contributed by atoms with van der Waals surface area (Å²) in [4.78, 5) is 33.1. The summed E-state index contributed by atoms with van der Waals surface area (Å²) in [7, 11) is 1.76. The van der Waals surface area contributed by atoms with Gasteiger partial charge in [0.15, 0.2) is 11.7 Å². The van der Waals surface area contributed by atoms with Gasteiger partial charge in [0.2, 0.25) is 0 Å². The molecule has 2 aromatic rings. The Hall–Kier alpha value is -2.31. The van der Waals surface area contributed by atoms with Crippen molar-refractivity contribution < 1.29 is 9.21 Å². The smallest absolute Gasteiger partial charge is 0.345 e. The second-order valence-corrected chi connectivity index (χ2v) is 7.61. The van der Waals surface area contributed by atoms with Crippen LogP contribution in [0.1, 0.15) is 35.6 Å². The number of piperazine rings is 1. The van der Waals surface area contributed by atoms with Crippen molar-refractivity contribution in [2.45, 2.75) is 38.8 Å². The Bertz CT molecular complexity index is 943. The predicted octanol–water partition coefficient (Wildman–Crippen LogP) is 1.02. The van der Waals surface area contributed by atoms with Crippen molar-refractivity contribution in [1.29, 1.82) is 0 Å². The van der Waals surface area contributed by atoms with Crippen LogP contribution in [-0.2, 0) is 19.5 Å². The van der Waals surface area contributed by atoms with E-state index in [4.69, 9.17) is 4.42 Å². The molecule has 0 aliphatic carbocycles. The molecule has 31 heavy (non-hydrogen) atoms. The highest BCUT2D eigenvalue weighted by Gasteiger charge is 2.25. The van der Waals surface area contributed by atoms with Crippen molar-refractivity contribution in [1.82, 2.24) is 29.5 Å². The van der Waals surface area contributed by atoms with E-state index in [-0.39, 0.29) is 35.6 Å². The van der Waals surface area contributed by atoms with Crippen LogP contribution in [-0.4, -0.2) is 75.8 Å². The molecular formula is C20H30IN7O3. The molecule has 0 saturated carbocycles. The Labute approximate surface area is 198 Å². The molecule has 1 saturated heterocycles. The fourth-order valence-electron chi connectivity index (χ4n) is 4.03. The highest BCUT2D eigenvalue weighted by Crippen LogP contribution is 2.10. The average molecular weight is 543 g/mol. The van der Waals surface area contributed by atoms with E-state index in [0.29, 0.717) is 45.0 Å². The standard InChI is InChI=1S/C20H29N7O3.HI/c1-21-19(25-13-11-24(12-14-25)18(28)16-6-4-15-30-16)22-8-5-10-27-20(29)26-9-3-2-7-17(26)23-27;/h4,6,15H,2-3,5,7-14H2,1H3,(H,21,22);1H. The second-order valence-electron chi connectivity index (χ2n) is 7.61. The monoisotopic (exact) mass is 543 g/mol. The van der Waals surface area contributed by atoms with Crippen molar-refractivity contribution in [2.24, 2.45) is 4.99 Å². The molecule has 1 N–H and O–H groups in total. The van der Waals surface area contributed by atoms with Gasteiger partial charge in [0, 0.05) is 59.3 Å². The zero-order valence-electron chi connectivity index (χ0n) is 17.8. The predicted molar refractivity (Wildman–Crippen MR) is 127 cm³/mol. The summed E-state index contributed by atoms with van der Waals surface area (Å²) in [5, 5.41) is 7.84. The molecule has 2 aliphatic rings. The van der Waals surface area contributed by atoms with Gasteiger partial charge in [-0.2, -0.15) is 5.10 Å². The van der Waals surface area contributed by atoms with E-state index in [0.717, 1.165) is 44.0 Å². The maximum atomic E-state index is 12.4. The Balaban J connectivity index is 0.00000272. The first-order chi connectivity index (χ1) is 14.7. The number of nitrogens with one attached hydrogen (secondary N) is 1. The average Bonchev–Trinajstić information content (AvgIpc) is 3.43. The Morgan fingerprint density at radius 3 is 2.65 bits per heavy atom. The van der Waals surface area contributed by atoms with Gasteiger partial charge in [-0.05, 0) is 31.4 Å². The molecule has 4 heterocycles. The molecule has 2 aromatic heterocycles. The van der Waals surface area contributed by atoms with Crippen LogP contribution in [0.5, 0.6) is 0 Å². The Kier molecular flexibility index (Phi) is 8.15. The molecule has 0 unspecified atom stereocenters. The highest BCUT2D eigenvalue weighted by molar-refractivity contribution is 14.0. The van der Waals surface area contributed by atoms with Gasteiger partial charge in [0.05, 0.1) is 6.26 Å². The van der Waals surface area contributed by atoms with Gasteiger partial charge in [-0.25, -0.2) is 9.48 Å². The maximum absolute atomic E-state index is 12.4. The first-order valence-corrected chi connectivity index (χ1v) is 10.6. The van der Waals surface area contributed by atoms with E-state index < -0.39 is 0 Å².